The molecule has 0 saturated heterocycles. The third-order valence-electron chi connectivity index (χ3n) is 5.70. The van der Waals surface area contributed by atoms with E-state index in [0.29, 0.717) is 5.82 Å². The molecule has 6 nitrogen and oxygen atoms in total. The number of ketones is 1. The predicted octanol–water partition coefficient (Wildman–Crippen LogP) is 4.25. The van der Waals surface area contributed by atoms with Crippen LogP contribution in [0.1, 0.15) is 17.0 Å². The van der Waals surface area contributed by atoms with Crippen molar-refractivity contribution >= 4 is 23.1 Å². The molecule has 6 heteroatoms. The standard InChI is InChI=1S/C27H23N3O3/c1-29-22-15-9-10-16-23(22)30(2)26(29)21(17-28)24(31)18-33-27(32)25(19-11-5-3-6-12-19)20-13-7-4-8-14-20/h3-16,25H,18H2,1-2H3. The van der Waals surface area contributed by atoms with E-state index in [-0.39, 0.29) is 5.57 Å². The van der Waals surface area contributed by atoms with E-state index in [2.05, 4.69) is 0 Å². The van der Waals surface area contributed by atoms with Gasteiger partial charge in [-0.1, -0.05) is 72.8 Å². The second-order valence-electron chi connectivity index (χ2n) is 7.70. The molecular formula is C27H23N3O3. The molecule has 4 rings (SSSR count). The highest BCUT2D eigenvalue weighted by Gasteiger charge is 2.32. The minimum absolute atomic E-state index is 0.0556. The minimum atomic E-state index is -0.667. The molecule has 0 bridgehead atoms. The zero-order chi connectivity index (χ0) is 23.4. The van der Waals surface area contributed by atoms with Crippen LogP contribution in [0.5, 0.6) is 0 Å². The Balaban J connectivity index is 1.57. The number of hydrogen-bond donors (Lipinski definition) is 0. The van der Waals surface area contributed by atoms with Crippen LogP contribution in [0.25, 0.3) is 0 Å². The molecule has 0 N–H and O–H groups in total. The maximum Gasteiger partial charge on any atom is 0.318 e. The highest BCUT2D eigenvalue weighted by molar-refractivity contribution is 6.04. The number of esters is 1. The predicted molar refractivity (Wildman–Crippen MR) is 127 cm³/mol. The number of Topliss-reactive ketones (excluding diaryl/α,β-unsaturated/α-hetero) is 1. The highest BCUT2D eigenvalue weighted by Crippen LogP contribution is 2.40. The van der Waals surface area contributed by atoms with Crippen molar-refractivity contribution < 1.29 is 14.3 Å². The summed E-state index contributed by atoms with van der Waals surface area (Å²) in [6.45, 7) is -0.514. The van der Waals surface area contributed by atoms with Gasteiger partial charge in [0.15, 0.2) is 6.61 Å². The molecule has 0 fully saturated rings. The first kappa shape index (κ1) is 21.8. The van der Waals surface area contributed by atoms with Crippen LogP contribution >= 0.6 is 0 Å². The number of benzene rings is 3. The van der Waals surface area contributed by atoms with Gasteiger partial charge >= 0.3 is 5.97 Å². The maximum absolute atomic E-state index is 13.1. The number of para-hydroxylation sites is 2. The van der Waals surface area contributed by atoms with Gasteiger partial charge in [0.05, 0.1) is 11.4 Å². The second-order valence-corrected chi connectivity index (χ2v) is 7.70. The molecule has 0 saturated carbocycles. The molecule has 33 heavy (non-hydrogen) atoms. The Morgan fingerprint density at radius 3 is 1.73 bits per heavy atom. The summed E-state index contributed by atoms with van der Waals surface area (Å²) in [4.78, 5) is 29.7. The van der Waals surface area contributed by atoms with Gasteiger partial charge in [0.25, 0.3) is 0 Å². The quantitative estimate of drug-likeness (QED) is 0.326. The summed E-state index contributed by atoms with van der Waals surface area (Å²) in [5.74, 6) is -1.30. The van der Waals surface area contributed by atoms with Gasteiger partial charge in [0, 0.05) is 14.1 Å². The summed E-state index contributed by atoms with van der Waals surface area (Å²) < 4.78 is 5.45. The molecule has 0 aliphatic carbocycles. The van der Waals surface area contributed by atoms with Gasteiger partial charge in [0.2, 0.25) is 5.78 Å². The van der Waals surface area contributed by atoms with Gasteiger partial charge in [-0.25, -0.2) is 0 Å². The van der Waals surface area contributed by atoms with E-state index in [1.54, 1.807) is 23.9 Å². The lowest BCUT2D eigenvalue weighted by Gasteiger charge is -2.20. The zero-order valence-electron chi connectivity index (χ0n) is 18.4. The second kappa shape index (κ2) is 9.41. The van der Waals surface area contributed by atoms with Crippen LogP contribution in [0.2, 0.25) is 0 Å². The SMILES string of the molecule is CN1C(=C(C#N)C(=O)COC(=O)C(c2ccccc2)c2ccccc2)N(C)c2ccccc21. The summed E-state index contributed by atoms with van der Waals surface area (Å²) in [6, 6.07) is 28.2. The Labute approximate surface area is 192 Å². The first-order valence-corrected chi connectivity index (χ1v) is 10.5. The average Bonchev–Trinajstić information content (AvgIpc) is 3.10. The van der Waals surface area contributed by atoms with Gasteiger partial charge < -0.3 is 14.5 Å². The van der Waals surface area contributed by atoms with E-state index in [9.17, 15) is 14.9 Å². The maximum atomic E-state index is 13.1. The van der Waals surface area contributed by atoms with Crippen LogP contribution < -0.4 is 9.80 Å². The number of fused-ring (bicyclic) bond motifs is 1. The summed E-state index contributed by atoms with van der Waals surface area (Å²) in [5, 5.41) is 9.78. The Kier molecular flexibility index (Phi) is 6.23. The number of carbonyl (C=O) groups excluding carboxylic acids is 2. The fourth-order valence-electron chi connectivity index (χ4n) is 4.10. The van der Waals surface area contributed by atoms with Crippen molar-refractivity contribution in [1.29, 1.82) is 5.26 Å². The lowest BCUT2D eigenvalue weighted by atomic mass is 9.91. The molecule has 3 aromatic carbocycles. The van der Waals surface area contributed by atoms with Crippen molar-refractivity contribution in [3.8, 4) is 6.07 Å². The molecular weight excluding hydrogens is 414 g/mol. The van der Waals surface area contributed by atoms with Gasteiger partial charge in [-0.2, -0.15) is 5.26 Å². The van der Waals surface area contributed by atoms with Crippen LogP contribution in [0.3, 0.4) is 0 Å². The molecule has 0 aromatic heterocycles. The number of hydrogen-bond acceptors (Lipinski definition) is 6. The van der Waals surface area contributed by atoms with Crippen molar-refractivity contribution in [3.63, 3.8) is 0 Å². The highest BCUT2D eigenvalue weighted by atomic mass is 16.5. The Morgan fingerprint density at radius 2 is 1.27 bits per heavy atom. The topological polar surface area (TPSA) is 73.6 Å². The number of anilines is 2. The number of nitrogens with zero attached hydrogens (tertiary/aromatic N) is 3. The molecule has 1 aliphatic heterocycles. The molecule has 0 spiro atoms. The van der Waals surface area contributed by atoms with Crippen LogP contribution in [-0.4, -0.2) is 32.5 Å². The number of nitriles is 1. The molecule has 0 unspecified atom stereocenters. The lowest BCUT2D eigenvalue weighted by molar-refractivity contribution is -0.147. The van der Waals surface area contributed by atoms with E-state index in [1.165, 1.54) is 0 Å². The Morgan fingerprint density at radius 1 is 0.818 bits per heavy atom. The van der Waals surface area contributed by atoms with Crippen molar-refractivity contribution in [1.82, 2.24) is 0 Å². The Hall–Kier alpha value is -4.37. The largest absolute Gasteiger partial charge is 0.457 e. The van der Waals surface area contributed by atoms with Crippen molar-refractivity contribution in [2.45, 2.75) is 5.92 Å². The molecule has 3 aromatic rings. The van der Waals surface area contributed by atoms with Crippen LogP contribution in [0.4, 0.5) is 11.4 Å². The third-order valence-corrected chi connectivity index (χ3v) is 5.70. The van der Waals surface area contributed by atoms with E-state index in [4.69, 9.17) is 4.74 Å². The summed E-state index contributed by atoms with van der Waals surface area (Å²) in [6.07, 6.45) is 0. The monoisotopic (exact) mass is 437 g/mol. The fourth-order valence-corrected chi connectivity index (χ4v) is 4.10. The summed E-state index contributed by atoms with van der Waals surface area (Å²) in [5.41, 5.74) is 3.26. The van der Waals surface area contributed by atoms with Gasteiger partial charge in [-0.05, 0) is 23.3 Å². The van der Waals surface area contributed by atoms with E-state index >= 15 is 0 Å². The third kappa shape index (κ3) is 4.21. The molecule has 0 amide bonds. The fraction of sp³-hybridized carbons (Fsp3) is 0.148. The molecule has 0 radical (unpaired) electrons. The molecule has 0 atom stereocenters. The minimum Gasteiger partial charge on any atom is -0.457 e. The average molecular weight is 437 g/mol. The number of rotatable bonds is 6. The summed E-state index contributed by atoms with van der Waals surface area (Å²) >= 11 is 0. The smallest absolute Gasteiger partial charge is 0.318 e. The summed E-state index contributed by atoms with van der Waals surface area (Å²) in [7, 11) is 3.60. The number of carbonyl (C=O) groups is 2. The number of ether oxygens (including phenoxy) is 1. The molecule has 1 aliphatic rings. The van der Waals surface area contributed by atoms with Crippen LogP contribution in [0, 0.1) is 11.3 Å². The first-order valence-electron chi connectivity index (χ1n) is 10.5. The molecule has 1 heterocycles. The lowest BCUT2D eigenvalue weighted by Crippen LogP contribution is -2.28. The Bertz CT molecular complexity index is 1180. The first-order chi connectivity index (χ1) is 16.0. The van der Waals surface area contributed by atoms with Gasteiger partial charge in [-0.15, -0.1) is 0 Å². The van der Waals surface area contributed by atoms with Crippen molar-refractivity contribution in [2.24, 2.45) is 0 Å². The normalized spacial score (nSPS) is 12.4. The van der Waals surface area contributed by atoms with E-state index in [0.717, 1.165) is 22.5 Å². The zero-order valence-corrected chi connectivity index (χ0v) is 18.4. The van der Waals surface area contributed by atoms with E-state index < -0.39 is 24.3 Å². The van der Waals surface area contributed by atoms with Gasteiger partial charge in [-0.3, -0.25) is 9.59 Å². The van der Waals surface area contributed by atoms with E-state index in [1.807, 2.05) is 91.0 Å². The van der Waals surface area contributed by atoms with Crippen LogP contribution in [0.15, 0.2) is 96.3 Å². The molecule has 164 valence electrons. The van der Waals surface area contributed by atoms with Gasteiger partial charge in [0.1, 0.15) is 23.4 Å². The van der Waals surface area contributed by atoms with Crippen molar-refractivity contribution in [2.75, 3.05) is 30.5 Å². The van der Waals surface area contributed by atoms with Crippen molar-refractivity contribution in [3.05, 3.63) is 107 Å². The van der Waals surface area contributed by atoms with Crippen LogP contribution in [-0.2, 0) is 14.3 Å².